The zero-order chi connectivity index (χ0) is 23.1. The summed E-state index contributed by atoms with van der Waals surface area (Å²) >= 11 is 0. The fourth-order valence-corrected chi connectivity index (χ4v) is 5.32. The summed E-state index contributed by atoms with van der Waals surface area (Å²) in [6.45, 7) is 4.64. The van der Waals surface area contributed by atoms with Crippen molar-refractivity contribution in [2.45, 2.75) is 19.3 Å². The van der Waals surface area contributed by atoms with E-state index in [0.717, 1.165) is 11.4 Å². The maximum atomic E-state index is 3.67. The van der Waals surface area contributed by atoms with Crippen molar-refractivity contribution >= 4 is 11.4 Å². The molecule has 0 aromatic heterocycles. The van der Waals surface area contributed by atoms with Crippen LogP contribution in [0.4, 0.5) is 11.4 Å². The van der Waals surface area contributed by atoms with Gasteiger partial charge in [0.1, 0.15) is 0 Å². The summed E-state index contributed by atoms with van der Waals surface area (Å²) in [5, 5.41) is 3.67. The van der Waals surface area contributed by atoms with Crippen LogP contribution >= 0.6 is 0 Å². The van der Waals surface area contributed by atoms with Crippen LogP contribution in [0.5, 0.6) is 0 Å². The van der Waals surface area contributed by atoms with Gasteiger partial charge in [-0.05, 0) is 68.8 Å². The molecule has 5 aromatic rings. The maximum absolute atomic E-state index is 3.67. The third-order valence-electron chi connectivity index (χ3n) is 7.06. The third kappa shape index (κ3) is 3.41. The van der Waals surface area contributed by atoms with Crippen molar-refractivity contribution < 1.29 is 0 Å². The normalized spacial score (nSPS) is 13.2. The second-order valence-electron chi connectivity index (χ2n) is 9.55. The molecule has 1 aliphatic carbocycles. The van der Waals surface area contributed by atoms with E-state index in [2.05, 4.69) is 140 Å². The molecule has 1 nitrogen and oxygen atoms in total. The summed E-state index contributed by atoms with van der Waals surface area (Å²) in [7, 11) is 0. The number of anilines is 2. The van der Waals surface area contributed by atoms with Gasteiger partial charge in [0.2, 0.25) is 0 Å². The van der Waals surface area contributed by atoms with Gasteiger partial charge in [-0.2, -0.15) is 0 Å². The molecular weight excluding hydrogens is 410 g/mol. The SMILES string of the molecule is CC1(C)c2ccccc2-c2ccc(Nc3cccc(-c4ccccc4-c4ccccc4)c3)cc21. The van der Waals surface area contributed by atoms with Crippen LogP contribution in [0.3, 0.4) is 0 Å². The van der Waals surface area contributed by atoms with E-state index in [1.54, 1.807) is 0 Å². The van der Waals surface area contributed by atoms with Crippen LogP contribution in [-0.4, -0.2) is 0 Å². The lowest BCUT2D eigenvalue weighted by molar-refractivity contribution is 0.660. The molecule has 0 heterocycles. The van der Waals surface area contributed by atoms with Gasteiger partial charge in [0.15, 0.2) is 0 Å². The summed E-state index contributed by atoms with van der Waals surface area (Å²) in [5.41, 5.74) is 12.6. The number of rotatable bonds is 4. The first-order valence-corrected chi connectivity index (χ1v) is 11.9. The second-order valence-corrected chi connectivity index (χ2v) is 9.55. The average molecular weight is 438 g/mol. The molecular formula is C33H27N. The van der Waals surface area contributed by atoms with Crippen LogP contribution in [0.25, 0.3) is 33.4 Å². The molecule has 1 N–H and O–H groups in total. The first-order chi connectivity index (χ1) is 16.6. The minimum atomic E-state index is 0.0000878. The lowest BCUT2D eigenvalue weighted by atomic mass is 9.82. The monoisotopic (exact) mass is 437 g/mol. The Kier molecular flexibility index (Phi) is 4.85. The minimum absolute atomic E-state index is 0.0000878. The Labute approximate surface area is 201 Å². The van der Waals surface area contributed by atoms with Crippen molar-refractivity contribution in [2.24, 2.45) is 0 Å². The fourth-order valence-electron chi connectivity index (χ4n) is 5.32. The molecule has 5 aromatic carbocycles. The quantitative estimate of drug-likeness (QED) is 0.296. The van der Waals surface area contributed by atoms with E-state index in [-0.39, 0.29) is 5.41 Å². The van der Waals surface area contributed by atoms with Crippen LogP contribution < -0.4 is 5.32 Å². The van der Waals surface area contributed by atoms with Crippen molar-refractivity contribution in [3.63, 3.8) is 0 Å². The molecule has 0 amide bonds. The highest BCUT2D eigenvalue weighted by atomic mass is 14.9. The maximum Gasteiger partial charge on any atom is 0.0390 e. The number of hydrogen-bond donors (Lipinski definition) is 1. The number of fused-ring (bicyclic) bond motifs is 3. The fraction of sp³-hybridized carbons (Fsp3) is 0.0909. The predicted octanol–water partition coefficient (Wildman–Crippen LogP) is 9.07. The molecule has 0 atom stereocenters. The van der Waals surface area contributed by atoms with Crippen LogP contribution in [0, 0.1) is 0 Å². The highest BCUT2D eigenvalue weighted by Gasteiger charge is 2.35. The highest BCUT2D eigenvalue weighted by Crippen LogP contribution is 2.49. The zero-order valence-corrected chi connectivity index (χ0v) is 19.5. The first kappa shape index (κ1) is 20.5. The Bertz CT molecular complexity index is 1490. The summed E-state index contributed by atoms with van der Waals surface area (Å²) in [6.07, 6.45) is 0. The Morgan fingerprint density at radius 3 is 1.82 bits per heavy atom. The molecule has 0 saturated heterocycles. The average Bonchev–Trinajstić information content (AvgIpc) is 3.11. The molecule has 0 radical (unpaired) electrons. The topological polar surface area (TPSA) is 12.0 Å². The molecule has 6 rings (SSSR count). The lowest BCUT2D eigenvalue weighted by Crippen LogP contribution is -2.15. The van der Waals surface area contributed by atoms with Gasteiger partial charge in [-0.15, -0.1) is 0 Å². The van der Waals surface area contributed by atoms with Crippen molar-refractivity contribution in [3.05, 3.63) is 132 Å². The van der Waals surface area contributed by atoms with E-state index in [1.807, 2.05) is 0 Å². The van der Waals surface area contributed by atoms with E-state index in [0.29, 0.717) is 0 Å². The van der Waals surface area contributed by atoms with Crippen molar-refractivity contribution in [1.29, 1.82) is 0 Å². The van der Waals surface area contributed by atoms with E-state index in [1.165, 1.54) is 44.5 Å². The number of hydrogen-bond acceptors (Lipinski definition) is 1. The van der Waals surface area contributed by atoms with Crippen LogP contribution in [0.1, 0.15) is 25.0 Å². The van der Waals surface area contributed by atoms with Gasteiger partial charge in [-0.25, -0.2) is 0 Å². The van der Waals surface area contributed by atoms with Crippen LogP contribution in [-0.2, 0) is 5.41 Å². The summed E-state index contributed by atoms with van der Waals surface area (Å²) in [4.78, 5) is 0. The van der Waals surface area contributed by atoms with Crippen LogP contribution in [0.2, 0.25) is 0 Å². The van der Waals surface area contributed by atoms with E-state index >= 15 is 0 Å². The van der Waals surface area contributed by atoms with Gasteiger partial charge in [-0.3, -0.25) is 0 Å². The Morgan fingerprint density at radius 2 is 1.03 bits per heavy atom. The van der Waals surface area contributed by atoms with E-state index < -0.39 is 0 Å². The molecule has 164 valence electrons. The largest absolute Gasteiger partial charge is 0.356 e. The molecule has 0 aliphatic heterocycles. The standard InChI is InChI=1S/C33H27N/c1-33(2)31-18-9-8-17-29(31)30-20-19-26(22-32(30)33)34-25-14-10-13-24(21-25)28-16-7-6-15-27(28)23-11-4-3-5-12-23/h3-22,34H,1-2H3. The van der Waals surface area contributed by atoms with Gasteiger partial charge in [0.05, 0.1) is 0 Å². The lowest BCUT2D eigenvalue weighted by Gasteiger charge is -2.22. The van der Waals surface area contributed by atoms with Crippen LogP contribution in [0.15, 0.2) is 121 Å². The number of nitrogens with one attached hydrogen (secondary N) is 1. The van der Waals surface area contributed by atoms with Gasteiger partial charge in [0, 0.05) is 16.8 Å². The van der Waals surface area contributed by atoms with Gasteiger partial charge in [-0.1, -0.05) is 111 Å². The summed E-state index contributed by atoms with van der Waals surface area (Å²) < 4.78 is 0. The zero-order valence-electron chi connectivity index (χ0n) is 19.5. The molecule has 34 heavy (non-hydrogen) atoms. The Hall–Kier alpha value is -4.10. The van der Waals surface area contributed by atoms with Gasteiger partial charge < -0.3 is 5.32 Å². The van der Waals surface area contributed by atoms with E-state index in [4.69, 9.17) is 0 Å². The van der Waals surface area contributed by atoms with Crippen molar-refractivity contribution in [2.75, 3.05) is 5.32 Å². The van der Waals surface area contributed by atoms with Gasteiger partial charge in [0.25, 0.3) is 0 Å². The molecule has 0 saturated carbocycles. The Balaban J connectivity index is 1.35. The van der Waals surface area contributed by atoms with Gasteiger partial charge >= 0.3 is 0 Å². The molecule has 0 bridgehead atoms. The van der Waals surface area contributed by atoms with Crippen molar-refractivity contribution in [1.82, 2.24) is 0 Å². The highest BCUT2D eigenvalue weighted by molar-refractivity contribution is 5.86. The molecule has 0 fully saturated rings. The van der Waals surface area contributed by atoms with E-state index in [9.17, 15) is 0 Å². The molecule has 0 unspecified atom stereocenters. The number of benzene rings is 5. The van der Waals surface area contributed by atoms with Crippen molar-refractivity contribution in [3.8, 4) is 33.4 Å². The molecule has 1 heteroatoms. The smallest absolute Gasteiger partial charge is 0.0390 e. The summed E-state index contributed by atoms with van der Waals surface area (Å²) in [5.74, 6) is 0. The molecule has 1 aliphatic rings. The minimum Gasteiger partial charge on any atom is -0.356 e. The first-order valence-electron chi connectivity index (χ1n) is 11.9. The second kappa shape index (κ2) is 8.04. The molecule has 0 spiro atoms. The third-order valence-corrected chi connectivity index (χ3v) is 7.06. The predicted molar refractivity (Wildman–Crippen MR) is 145 cm³/mol. The summed E-state index contributed by atoms with van der Waals surface area (Å²) in [6, 6.07) is 43.5. The Morgan fingerprint density at radius 1 is 0.441 bits per heavy atom.